The van der Waals surface area contributed by atoms with Gasteiger partial charge in [0.15, 0.2) is 5.16 Å². The molecule has 1 aromatic carbocycles. The van der Waals surface area contributed by atoms with E-state index in [1.807, 2.05) is 0 Å². The number of anilines is 1. The molecule has 0 spiro atoms. The average molecular weight is 429 g/mol. The lowest BCUT2D eigenvalue weighted by molar-refractivity contribution is -0.122. The molecular formula is C17H18Cl2N4O3S. The van der Waals surface area contributed by atoms with Crippen LogP contribution in [0.15, 0.2) is 29.6 Å². The summed E-state index contributed by atoms with van der Waals surface area (Å²) in [6, 6.07) is 5.08. The summed E-state index contributed by atoms with van der Waals surface area (Å²) in [4.78, 5) is 28.4. The topological polar surface area (TPSA) is 96.2 Å². The molecule has 0 unspecified atom stereocenters. The maximum Gasteiger partial charge on any atom is 0.240 e. The third-order valence-corrected chi connectivity index (χ3v) is 5.57. The van der Waals surface area contributed by atoms with E-state index in [4.69, 9.17) is 23.2 Å². The zero-order chi connectivity index (χ0) is 19.4. The Morgan fingerprint density at radius 3 is 2.70 bits per heavy atom. The third-order valence-electron chi connectivity index (χ3n) is 3.84. The van der Waals surface area contributed by atoms with E-state index in [1.165, 1.54) is 18.0 Å². The fraction of sp³-hybridized carbons (Fsp3) is 0.353. The van der Waals surface area contributed by atoms with Gasteiger partial charge in [-0.05, 0) is 31.0 Å². The number of nitrogens with zero attached hydrogens (tertiary/aromatic N) is 2. The van der Waals surface area contributed by atoms with E-state index in [-0.39, 0.29) is 36.8 Å². The van der Waals surface area contributed by atoms with E-state index in [0.29, 0.717) is 26.6 Å². The van der Waals surface area contributed by atoms with Gasteiger partial charge in [-0.25, -0.2) is 4.98 Å². The van der Waals surface area contributed by atoms with Crippen LogP contribution in [0, 0.1) is 0 Å². The molecular weight excluding hydrogens is 411 g/mol. The number of nitrogens with one attached hydrogen (secondary N) is 2. The Bertz CT molecular complexity index is 855. The number of hydrogen-bond donors (Lipinski definition) is 3. The van der Waals surface area contributed by atoms with Crippen LogP contribution < -0.4 is 10.6 Å². The second-order valence-corrected chi connectivity index (χ2v) is 7.84. The third kappa shape index (κ3) is 5.62. The summed E-state index contributed by atoms with van der Waals surface area (Å²) < 4.78 is 1.62. The number of aromatic nitrogens is 2. The summed E-state index contributed by atoms with van der Waals surface area (Å²) in [7, 11) is 0. The summed E-state index contributed by atoms with van der Waals surface area (Å²) in [5, 5.41) is 16.3. The fourth-order valence-electron chi connectivity index (χ4n) is 2.35. The van der Waals surface area contributed by atoms with Gasteiger partial charge in [-0.1, -0.05) is 35.0 Å². The van der Waals surface area contributed by atoms with Gasteiger partial charge in [0.25, 0.3) is 0 Å². The molecule has 10 heteroatoms. The van der Waals surface area contributed by atoms with Crippen LogP contribution in [-0.4, -0.2) is 38.3 Å². The number of rotatable bonds is 8. The molecule has 2 amide bonds. The van der Waals surface area contributed by atoms with Gasteiger partial charge in [0.2, 0.25) is 11.8 Å². The minimum absolute atomic E-state index is 0.0587. The maximum absolute atomic E-state index is 12.2. The van der Waals surface area contributed by atoms with Gasteiger partial charge in [0, 0.05) is 11.7 Å². The predicted octanol–water partition coefficient (Wildman–Crippen LogP) is 2.69. The normalized spacial score (nSPS) is 13.4. The molecule has 0 aliphatic heterocycles. The van der Waals surface area contributed by atoms with Crippen LogP contribution in [0.4, 0.5) is 5.69 Å². The Labute approximate surface area is 170 Å². The molecule has 1 saturated carbocycles. The molecule has 1 heterocycles. The minimum atomic E-state index is -0.249. The van der Waals surface area contributed by atoms with Crippen LogP contribution in [0.1, 0.15) is 18.5 Å². The van der Waals surface area contributed by atoms with Crippen molar-refractivity contribution in [1.29, 1.82) is 0 Å². The van der Waals surface area contributed by atoms with Gasteiger partial charge < -0.3 is 20.3 Å². The summed E-state index contributed by atoms with van der Waals surface area (Å²) in [6.45, 7) is -0.178. The van der Waals surface area contributed by atoms with Crippen LogP contribution in [-0.2, 0) is 22.7 Å². The Balaban J connectivity index is 1.59. The molecule has 3 rings (SSSR count). The van der Waals surface area contributed by atoms with Gasteiger partial charge >= 0.3 is 0 Å². The van der Waals surface area contributed by atoms with Gasteiger partial charge in [0.1, 0.15) is 6.54 Å². The van der Waals surface area contributed by atoms with Crippen LogP contribution in [0.3, 0.4) is 0 Å². The van der Waals surface area contributed by atoms with Crippen LogP contribution in [0.25, 0.3) is 0 Å². The molecule has 2 aromatic rings. The van der Waals surface area contributed by atoms with E-state index in [2.05, 4.69) is 15.6 Å². The highest BCUT2D eigenvalue weighted by molar-refractivity contribution is 7.99. The van der Waals surface area contributed by atoms with E-state index < -0.39 is 0 Å². The van der Waals surface area contributed by atoms with E-state index in [0.717, 1.165) is 12.8 Å². The zero-order valence-corrected chi connectivity index (χ0v) is 16.6. The molecule has 1 aliphatic rings. The molecule has 0 bridgehead atoms. The number of carbonyl (C=O) groups excluding carboxylic acids is 2. The molecule has 1 aromatic heterocycles. The standard InChI is InChI=1S/C17H18Cl2N4O3S/c18-13-4-3-11(5-14(13)19)22-16(26)9-27-17-20-6-12(8-24)23(17)7-15(25)21-10-1-2-10/h3-6,10,24H,1-2,7-9H2,(H,21,25)(H,22,26). The molecule has 1 aliphatic carbocycles. The van der Waals surface area contributed by atoms with Crippen molar-refractivity contribution in [2.24, 2.45) is 0 Å². The number of amides is 2. The number of benzene rings is 1. The lowest BCUT2D eigenvalue weighted by Crippen LogP contribution is -2.30. The molecule has 0 radical (unpaired) electrons. The number of thioether (sulfide) groups is 1. The highest BCUT2D eigenvalue weighted by Gasteiger charge is 2.24. The number of hydrogen-bond acceptors (Lipinski definition) is 5. The molecule has 7 nitrogen and oxygen atoms in total. The first kappa shape index (κ1) is 20.0. The average Bonchev–Trinajstić information content (AvgIpc) is 3.35. The Morgan fingerprint density at radius 1 is 1.26 bits per heavy atom. The first-order valence-electron chi connectivity index (χ1n) is 8.28. The predicted molar refractivity (Wildman–Crippen MR) is 105 cm³/mol. The lowest BCUT2D eigenvalue weighted by Gasteiger charge is -2.11. The number of halogens is 2. The SMILES string of the molecule is O=C(CSc1ncc(CO)n1CC(=O)NC1CC1)Nc1ccc(Cl)c(Cl)c1. The van der Waals surface area contributed by atoms with Gasteiger partial charge in [-0.15, -0.1) is 0 Å². The van der Waals surface area contributed by atoms with Crippen molar-refractivity contribution in [3.8, 4) is 0 Å². The van der Waals surface area contributed by atoms with Crippen LogP contribution in [0.5, 0.6) is 0 Å². The molecule has 3 N–H and O–H groups in total. The number of imidazole rings is 1. The largest absolute Gasteiger partial charge is 0.390 e. The Kier molecular flexibility index (Phi) is 6.64. The van der Waals surface area contributed by atoms with Crippen molar-refractivity contribution in [2.75, 3.05) is 11.1 Å². The van der Waals surface area contributed by atoms with E-state index in [9.17, 15) is 14.7 Å². The molecule has 27 heavy (non-hydrogen) atoms. The Morgan fingerprint density at radius 2 is 2.04 bits per heavy atom. The number of aliphatic hydroxyl groups excluding tert-OH is 1. The summed E-state index contributed by atoms with van der Waals surface area (Å²) in [6.07, 6.45) is 3.50. The lowest BCUT2D eigenvalue weighted by atomic mass is 10.3. The maximum atomic E-state index is 12.2. The second-order valence-electron chi connectivity index (χ2n) is 6.08. The highest BCUT2D eigenvalue weighted by atomic mass is 35.5. The van der Waals surface area contributed by atoms with Crippen molar-refractivity contribution in [3.05, 3.63) is 40.1 Å². The van der Waals surface area contributed by atoms with Crippen molar-refractivity contribution in [3.63, 3.8) is 0 Å². The van der Waals surface area contributed by atoms with Gasteiger partial charge in [0.05, 0.1) is 34.3 Å². The zero-order valence-electron chi connectivity index (χ0n) is 14.2. The van der Waals surface area contributed by atoms with Crippen LogP contribution >= 0.6 is 35.0 Å². The first-order chi connectivity index (χ1) is 13.0. The molecule has 144 valence electrons. The summed E-state index contributed by atoms with van der Waals surface area (Å²) in [5.41, 5.74) is 1.06. The molecule has 0 saturated heterocycles. The first-order valence-corrected chi connectivity index (χ1v) is 10.0. The number of carbonyl (C=O) groups is 2. The van der Waals surface area contributed by atoms with Gasteiger partial charge in [-0.3, -0.25) is 9.59 Å². The van der Waals surface area contributed by atoms with Crippen molar-refractivity contribution < 1.29 is 14.7 Å². The monoisotopic (exact) mass is 428 g/mol. The summed E-state index contributed by atoms with van der Waals surface area (Å²) >= 11 is 13.0. The Hall–Kier alpha value is -1.74. The smallest absolute Gasteiger partial charge is 0.240 e. The van der Waals surface area contributed by atoms with Crippen molar-refractivity contribution in [1.82, 2.24) is 14.9 Å². The highest BCUT2D eigenvalue weighted by Crippen LogP contribution is 2.25. The second kappa shape index (κ2) is 8.97. The van der Waals surface area contributed by atoms with E-state index in [1.54, 1.807) is 22.8 Å². The van der Waals surface area contributed by atoms with E-state index >= 15 is 0 Å². The minimum Gasteiger partial charge on any atom is -0.390 e. The molecule has 0 atom stereocenters. The molecule has 1 fully saturated rings. The number of aliphatic hydroxyl groups is 1. The summed E-state index contributed by atoms with van der Waals surface area (Å²) in [5.74, 6) is -0.292. The van der Waals surface area contributed by atoms with Crippen LogP contribution in [0.2, 0.25) is 10.0 Å². The quantitative estimate of drug-likeness (QED) is 0.561. The van der Waals surface area contributed by atoms with Crippen molar-refractivity contribution >= 4 is 52.5 Å². The van der Waals surface area contributed by atoms with Gasteiger partial charge in [-0.2, -0.15) is 0 Å². The van der Waals surface area contributed by atoms with Crippen molar-refractivity contribution in [2.45, 2.75) is 37.2 Å². The fourth-order valence-corrected chi connectivity index (χ4v) is 3.44.